The maximum absolute atomic E-state index is 4.80. The Morgan fingerprint density at radius 2 is 1.82 bits per heavy atom. The third kappa shape index (κ3) is 2.95. The second kappa shape index (κ2) is 6.65. The number of hydrogen-bond donors (Lipinski definition) is 0. The van der Waals surface area contributed by atoms with E-state index in [0.29, 0.717) is 0 Å². The summed E-state index contributed by atoms with van der Waals surface area (Å²) in [4.78, 5) is 16.8. The molecule has 0 bridgehead atoms. The number of nitrogens with zero attached hydrogens (tertiary/aromatic N) is 5. The molecule has 0 aromatic carbocycles. The van der Waals surface area contributed by atoms with Crippen LogP contribution < -0.4 is 9.80 Å². The van der Waals surface area contributed by atoms with Crippen molar-refractivity contribution in [3.63, 3.8) is 0 Å². The summed E-state index contributed by atoms with van der Waals surface area (Å²) in [5.41, 5.74) is 1.34. The molecular formula is C17H27N5. The van der Waals surface area contributed by atoms with Crippen molar-refractivity contribution in [1.29, 1.82) is 0 Å². The molecule has 1 aromatic rings. The van der Waals surface area contributed by atoms with Gasteiger partial charge in [0.2, 0.25) is 0 Å². The Bertz CT molecular complexity index is 534. The summed E-state index contributed by atoms with van der Waals surface area (Å²) in [6, 6.07) is 0. The summed E-state index contributed by atoms with van der Waals surface area (Å²) in [7, 11) is 0. The van der Waals surface area contributed by atoms with E-state index in [9.17, 15) is 0 Å². The molecule has 5 nitrogen and oxygen atoms in total. The minimum Gasteiger partial charge on any atom is -0.354 e. The van der Waals surface area contributed by atoms with Gasteiger partial charge < -0.3 is 14.7 Å². The molecule has 0 aliphatic carbocycles. The summed E-state index contributed by atoms with van der Waals surface area (Å²) >= 11 is 0. The van der Waals surface area contributed by atoms with Gasteiger partial charge in [-0.1, -0.05) is 13.0 Å². The summed E-state index contributed by atoms with van der Waals surface area (Å²) in [5, 5.41) is 0. The molecule has 0 radical (unpaired) electrons. The zero-order valence-corrected chi connectivity index (χ0v) is 13.9. The van der Waals surface area contributed by atoms with Crippen LogP contribution in [0.2, 0.25) is 0 Å². The molecule has 0 amide bonds. The lowest BCUT2D eigenvalue weighted by molar-refractivity contribution is 0.270. The minimum atomic E-state index is 0.868. The standard InChI is InChI=1S/C17H27N5/c1-4-8-21-9-6-7-15-16(21)18-14(3)19-17(15)22-12-10-20(5-2)11-13-22/h4H,1,5-13H2,2-3H3. The monoisotopic (exact) mass is 301 g/mol. The normalized spacial score (nSPS) is 19.2. The second-order valence-corrected chi connectivity index (χ2v) is 6.16. The average molecular weight is 301 g/mol. The Morgan fingerprint density at radius 1 is 1.09 bits per heavy atom. The first-order chi connectivity index (χ1) is 10.7. The number of aromatic nitrogens is 2. The lowest BCUT2D eigenvalue weighted by Gasteiger charge is -2.38. The van der Waals surface area contributed by atoms with Crippen LogP contribution in [-0.4, -0.2) is 60.7 Å². The van der Waals surface area contributed by atoms with Crippen molar-refractivity contribution in [2.24, 2.45) is 0 Å². The highest BCUT2D eigenvalue weighted by molar-refractivity contribution is 5.62. The topological polar surface area (TPSA) is 35.5 Å². The zero-order valence-electron chi connectivity index (χ0n) is 13.9. The number of fused-ring (bicyclic) bond motifs is 1. The highest BCUT2D eigenvalue weighted by atomic mass is 15.3. The van der Waals surface area contributed by atoms with E-state index in [0.717, 1.165) is 63.9 Å². The number of rotatable bonds is 4. The Balaban J connectivity index is 1.90. The fourth-order valence-electron chi connectivity index (χ4n) is 3.48. The number of piperazine rings is 1. The Labute approximate surface area is 133 Å². The first-order valence-electron chi connectivity index (χ1n) is 8.43. The third-order valence-corrected chi connectivity index (χ3v) is 4.70. The minimum absolute atomic E-state index is 0.868. The van der Waals surface area contributed by atoms with Crippen molar-refractivity contribution in [3.05, 3.63) is 24.0 Å². The van der Waals surface area contributed by atoms with Gasteiger partial charge in [0.05, 0.1) is 0 Å². The molecular weight excluding hydrogens is 274 g/mol. The molecule has 5 heteroatoms. The Morgan fingerprint density at radius 3 is 2.50 bits per heavy atom. The van der Waals surface area contributed by atoms with Gasteiger partial charge in [-0.3, -0.25) is 0 Å². The smallest absolute Gasteiger partial charge is 0.137 e. The number of aryl methyl sites for hydroxylation is 1. The van der Waals surface area contributed by atoms with Crippen LogP contribution >= 0.6 is 0 Å². The molecule has 22 heavy (non-hydrogen) atoms. The fourth-order valence-corrected chi connectivity index (χ4v) is 3.48. The van der Waals surface area contributed by atoms with Crippen LogP contribution in [0.4, 0.5) is 11.6 Å². The number of hydrogen-bond acceptors (Lipinski definition) is 5. The molecule has 0 atom stereocenters. The van der Waals surface area contributed by atoms with Crippen LogP contribution in [0.15, 0.2) is 12.7 Å². The molecule has 3 rings (SSSR count). The number of anilines is 2. The van der Waals surface area contributed by atoms with Crippen molar-refractivity contribution >= 4 is 11.6 Å². The van der Waals surface area contributed by atoms with Gasteiger partial charge >= 0.3 is 0 Å². The summed E-state index contributed by atoms with van der Waals surface area (Å²) < 4.78 is 0. The zero-order chi connectivity index (χ0) is 15.5. The molecule has 3 heterocycles. The fraction of sp³-hybridized carbons (Fsp3) is 0.647. The van der Waals surface area contributed by atoms with E-state index in [1.54, 1.807) is 0 Å². The van der Waals surface area contributed by atoms with E-state index < -0.39 is 0 Å². The van der Waals surface area contributed by atoms with Crippen LogP contribution in [0.5, 0.6) is 0 Å². The highest BCUT2D eigenvalue weighted by Gasteiger charge is 2.26. The summed E-state index contributed by atoms with van der Waals surface area (Å²) in [5.74, 6) is 3.18. The van der Waals surface area contributed by atoms with Gasteiger partial charge in [0.15, 0.2) is 0 Å². The predicted octanol–water partition coefficient (Wildman–Crippen LogP) is 1.87. The van der Waals surface area contributed by atoms with E-state index in [2.05, 4.69) is 28.2 Å². The van der Waals surface area contributed by atoms with E-state index in [1.807, 2.05) is 13.0 Å². The molecule has 0 N–H and O–H groups in total. The van der Waals surface area contributed by atoms with Gasteiger partial charge in [0.1, 0.15) is 17.5 Å². The number of likely N-dealkylation sites (N-methyl/N-ethyl adjacent to an activating group) is 1. The van der Waals surface area contributed by atoms with E-state index in [4.69, 9.17) is 9.97 Å². The van der Waals surface area contributed by atoms with Crippen LogP contribution in [0.1, 0.15) is 24.7 Å². The molecule has 2 aliphatic heterocycles. The van der Waals surface area contributed by atoms with E-state index >= 15 is 0 Å². The quantitative estimate of drug-likeness (QED) is 0.793. The summed E-state index contributed by atoms with van der Waals surface area (Å²) in [6.07, 6.45) is 4.23. The van der Waals surface area contributed by atoms with Gasteiger partial charge in [-0.05, 0) is 26.3 Å². The maximum atomic E-state index is 4.80. The van der Waals surface area contributed by atoms with Gasteiger partial charge in [0, 0.05) is 44.8 Å². The second-order valence-electron chi connectivity index (χ2n) is 6.16. The van der Waals surface area contributed by atoms with Crippen molar-refractivity contribution in [2.75, 3.05) is 55.6 Å². The first kappa shape index (κ1) is 15.3. The van der Waals surface area contributed by atoms with Crippen LogP contribution in [0.25, 0.3) is 0 Å². The molecule has 120 valence electrons. The van der Waals surface area contributed by atoms with Gasteiger partial charge in [-0.2, -0.15) is 0 Å². The Hall–Kier alpha value is -1.62. The molecule has 2 aliphatic rings. The highest BCUT2D eigenvalue weighted by Crippen LogP contribution is 2.32. The molecule has 0 unspecified atom stereocenters. The van der Waals surface area contributed by atoms with Crippen molar-refractivity contribution in [1.82, 2.24) is 14.9 Å². The van der Waals surface area contributed by atoms with Crippen molar-refractivity contribution in [2.45, 2.75) is 26.7 Å². The van der Waals surface area contributed by atoms with Crippen molar-refractivity contribution < 1.29 is 0 Å². The van der Waals surface area contributed by atoms with Gasteiger partial charge in [-0.25, -0.2) is 9.97 Å². The Kier molecular flexibility index (Phi) is 4.62. The molecule has 1 saturated heterocycles. The average Bonchev–Trinajstić information content (AvgIpc) is 2.55. The molecule has 1 aromatic heterocycles. The van der Waals surface area contributed by atoms with Gasteiger partial charge in [-0.15, -0.1) is 6.58 Å². The third-order valence-electron chi connectivity index (χ3n) is 4.70. The van der Waals surface area contributed by atoms with Crippen LogP contribution in [0, 0.1) is 6.92 Å². The van der Waals surface area contributed by atoms with E-state index in [1.165, 1.54) is 17.8 Å². The molecule has 0 spiro atoms. The maximum Gasteiger partial charge on any atom is 0.137 e. The van der Waals surface area contributed by atoms with Crippen molar-refractivity contribution in [3.8, 4) is 0 Å². The lowest BCUT2D eigenvalue weighted by Crippen LogP contribution is -2.47. The van der Waals surface area contributed by atoms with Crippen LogP contribution in [-0.2, 0) is 6.42 Å². The largest absolute Gasteiger partial charge is 0.354 e. The molecule has 0 saturated carbocycles. The predicted molar refractivity (Wildman–Crippen MR) is 91.8 cm³/mol. The lowest BCUT2D eigenvalue weighted by atomic mass is 10.0. The van der Waals surface area contributed by atoms with E-state index in [-0.39, 0.29) is 0 Å². The van der Waals surface area contributed by atoms with Gasteiger partial charge in [0.25, 0.3) is 0 Å². The first-order valence-corrected chi connectivity index (χ1v) is 8.43. The van der Waals surface area contributed by atoms with Crippen LogP contribution in [0.3, 0.4) is 0 Å². The molecule has 1 fully saturated rings. The summed E-state index contributed by atoms with van der Waals surface area (Å²) in [6.45, 7) is 15.6. The SMILES string of the molecule is C=CCN1CCCc2c1nc(C)nc2N1CCN(CC)CC1.